The molecule has 0 spiro atoms. The third-order valence-electron chi connectivity index (χ3n) is 2.23. The van der Waals surface area contributed by atoms with Gasteiger partial charge in [-0.05, 0) is 13.8 Å². The highest BCUT2D eigenvalue weighted by atomic mass is 16.7. The molecule has 0 aromatic heterocycles. The summed E-state index contributed by atoms with van der Waals surface area (Å²) in [6, 6.07) is 0. The Hall–Kier alpha value is -1.05. The summed E-state index contributed by atoms with van der Waals surface area (Å²) >= 11 is 0. The van der Waals surface area contributed by atoms with Gasteiger partial charge in [0.15, 0.2) is 11.4 Å². The van der Waals surface area contributed by atoms with Crippen molar-refractivity contribution < 1.29 is 19.0 Å². The lowest BCUT2D eigenvalue weighted by molar-refractivity contribution is -0.184. The van der Waals surface area contributed by atoms with E-state index in [0.29, 0.717) is 19.6 Å². The van der Waals surface area contributed by atoms with Crippen LogP contribution in [-0.4, -0.2) is 30.6 Å². The zero-order valence-corrected chi connectivity index (χ0v) is 9.33. The van der Waals surface area contributed by atoms with Crippen LogP contribution in [0.15, 0.2) is 0 Å². The van der Waals surface area contributed by atoms with E-state index in [2.05, 4.69) is 5.92 Å². The number of esters is 1. The lowest BCUT2D eigenvalue weighted by atomic mass is 9.97. The molecule has 1 aliphatic heterocycles. The summed E-state index contributed by atoms with van der Waals surface area (Å²) in [6.45, 7) is 5.87. The molecule has 4 heteroatoms. The fourth-order valence-corrected chi connectivity index (χ4v) is 1.71. The minimum Gasteiger partial charge on any atom is -0.446 e. The molecule has 1 fully saturated rings. The van der Waals surface area contributed by atoms with Gasteiger partial charge in [-0.25, -0.2) is 0 Å². The molecule has 0 N–H and O–H groups in total. The molecule has 0 radical (unpaired) electrons. The Morgan fingerprint density at radius 3 is 2.53 bits per heavy atom. The van der Waals surface area contributed by atoms with E-state index in [-0.39, 0.29) is 0 Å². The Labute approximate surface area is 89.9 Å². The Bertz CT molecular complexity index is 285. The third kappa shape index (κ3) is 3.22. The second kappa shape index (κ2) is 4.21. The summed E-state index contributed by atoms with van der Waals surface area (Å²) < 4.78 is 15.9. The molecule has 0 aromatic carbocycles. The Balaban J connectivity index is 2.67. The standard InChI is InChI=1S/C11H16O4/c1-5-10(3,15-9(2)12)8-11(4)13-6-7-14-11/h1H,6-8H2,2-4H3/t10-/m0/s1. The predicted molar refractivity (Wildman–Crippen MR) is 53.9 cm³/mol. The molecule has 1 saturated heterocycles. The molecule has 1 aliphatic rings. The Morgan fingerprint density at radius 1 is 1.60 bits per heavy atom. The van der Waals surface area contributed by atoms with Crippen LogP contribution in [0.5, 0.6) is 0 Å². The molecule has 0 bridgehead atoms. The Kier molecular flexibility index (Phi) is 3.38. The number of hydrogen-bond acceptors (Lipinski definition) is 4. The zero-order valence-electron chi connectivity index (χ0n) is 9.33. The fourth-order valence-electron chi connectivity index (χ4n) is 1.71. The maximum absolute atomic E-state index is 10.9. The minimum atomic E-state index is -0.981. The van der Waals surface area contributed by atoms with Crippen LogP contribution < -0.4 is 0 Å². The van der Waals surface area contributed by atoms with Crippen LogP contribution in [0.3, 0.4) is 0 Å². The second-order valence-corrected chi connectivity index (χ2v) is 3.98. The average molecular weight is 212 g/mol. The largest absolute Gasteiger partial charge is 0.446 e. The van der Waals surface area contributed by atoms with E-state index in [1.807, 2.05) is 0 Å². The van der Waals surface area contributed by atoms with Gasteiger partial charge in [0.1, 0.15) is 0 Å². The molecular formula is C11H16O4. The molecular weight excluding hydrogens is 196 g/mol. The lowest BCUT2D eigenvalue weighted by Crippen LogP contribution is -2.40. The first-order valence-electron chi connectivity index (χ1n) is 4.84. The van der Waals surface area contributed by atoms with Crippen molar-refractivity contribution in [2.45, 2.75) is 38.6 Å². The fraction of sp³-hybridized carbons (Fsp3) is 0.727. The summed E-state index contributed by atoms with van der Waals surface area (Å²) in [5.74, 6) is 1.30. The number of hydrogen-bond donors (Lipinski definition) is 0. The van der Waals surface area contributed by atoms with Crippen LogP contribution in [0.2, 0.25) is 0 Å². The molecule has 1 atom stereocenters. The highest BCUT2D eigenvalue weighted by Crippen LogP contribution is 2.30. The van der Waals surface area contributed by atoms with Gasteiger partial charge < -0.3 is 14.2 Å². The molecule has 1 heterocycles. The SMILES string of the molecule is C#C[C@@](C)(CC1(C)OCCO1)OC(C)=O. The second-order valence-electron chi connectivity index (χ2n) is 3.98. The third-order valence-corrected chi connectivity index (χ3v) is 2.23. The van der Waals surface area contributed by atoms with Gasteiger partial charge in [-0.2, -0.15) is 0 Å². The van der Waals surface area contributed by atoms with Gasteiger partial charge in [-0.15, -0.1) is 6.42 Å². The summed E-state index contributed by atoms with van der Waals surface area (Å²) in [5.41, 5.74) is -0.981. The molecule has 4 nitrogen and oxygen atoms in total. The lowest BCUT2D eigenvalue weighted by Gasteiger charge is -2.31. The van der Waals surface area contributed by atoms with Crippen LogP contribution in [0.4, 0.5) is 0 Å². The first kappa shape index (κ1) is 12.0. The van der Waals surface area contributed by atoms with Crippen molar-refractivity contribution in [1.82, 2.24) is 0 Å². The van der Waals surface area contributed by atoms with Gasteiger partial charge in [0.05, 0.1) is 19.6 Å². The van der Waals surface area contributed by atoms with E-state index in [1.54, 1.807) is 13.8 Å². The van der Waals surface area contributed by atoms with Crippen molar-refractivity contribution in [2.75, 3.05) is 13.2 Å². The van der Waals surface area contributed by atoms with E-state index < -0.39 is 17.4 Å². The smallest absolute Gasteiger partial charge is 0.304 e. The summed E-state index contributed by atoms with van der Waals surface area (Å²) in [7, 11) is 0. The quantitative estimate of drug-likeness (QED) is 0.519. The van der Waals surface area contributed by atoms with Crippen molar-refractivity contribution in [3.8, 4) is 12.3 Å². The van der Waals surface area contributed by atoms with Crippen molar-refractivity contribution in [3.05, 3.63) is 0 Å². The van der Waals surface area contributed by atoms with Crippen molar-refractivity contribution >= 4 is 5.97 Å². The van der Waals surface area contributed by atoms with Gasteiger partial charge in [-0.1, -0.05) is 5.92 Å². The van der Waals surface area contributed by atoms with Gasteiger partial charge in [0.25, 0.3) is 0 Å². The molecule has 0 amide bonds. The highest BCUT2D eigenvalue weighted by Gasteiger charge is 2.40. The molecule has 15 heavy (non-hydrogen) atoms. The first-order valence-corrected chi connectivity index (χ1v) is 4.84. The van der Waals surface area contributed by atoms with E-state index in [1.165, 1.54) is 6.92 Å². The number of ether oxygens (including phenoxy) is 3. The summed E-state index contributed by atoms with van der Waals surface area (Å²) in [6.07, 6.45) is 5.68. The van der Waals surface area contributed by atoms with E-state index in [4.69, 9.17) is 20.6 Å². The topological polar surface area (TPSA) is 44.8 Å². The molecule has 1 rings (SSSR count). The molecule has 0 unspecified atom stereocenters. The number of carbonyl (C=O) groups excluding carboxylic acids is 1. The van der Waals surface area contributed by atoms with Crippen LogP contribution in [0, 0.1) is 12.3 Å². The van der Waals surface area contributed by atoms with Gasteiger partial charge in [0.2, 0.25) is 0 Å². The monoisotopic (exact) mass is 212 g/mol. The average Bonchev–Trinajstić information content (AvgIpc) is 2.50. The molecule has 0 aromatic rings. The van der Waals surface area contributed by atoms with Gasteiger partial charge in [0, 0.05) is 6.92 Å². The molecule has 0 aliphatic carbocycles. The van der Waals surface area contributed by atoms with Crippen molar-refractivity contribution in [2.24, 2.45) is 0 Å². The predicted octanol–water partition coefficient (Wildman–Crippen LogP) is 1.09. The normalized spacial score (nSPS) is 22.8. The van der Waals surface area contributed by atoms with Crippen LogP contribution >= 0.6 is 0 Å². The number of carbonyl (C=O) groups is 1. The van der Waals surface area contributed by atoms with Crippen molar-refractivity contribution in [3.63, 3.8) is 0 Å². The van der Waals surface area contributed by atoms with Crippen molar-refractivity contribution in [1.29, 1.82) is 0 Å². The first-order chi connectivity index (χ1) is 6.89. The number of rotatable bonds is 3. The van der Waals surface area contributed by atoms with E-state index >= 15 is 0 Å². The molecule has 0 saturated carbocycles. The molecule has 84 valence electrons. The van der Waals surface area contributed by atoms with Crippen LogP contribution in [0.25, 0.3) is 0 Å². The van der Waals surface area contributed by atoms with E-state index in [0.717, 1.165) is 0 Å². The van der Waals surface area contributed by atoms with Crippen LogP contribution in [-0.2, 0) is 19.0 Å². The van der Waals surface area contributed by atoms with E-state index in [9.17, 15) is 4.79 Å². The minimum absolute atomic E-state index is 0.329. The number of terminal acetylenes is 1. The maximum atomic E-state index is 10.9. The summed E-state index contributed by atoms with van der Waals surface area (Å²) in [5, 5.41) is 0. The summed E-state index contributed by atoms with van der Waals surface area (Å²) in [4.78, 5) is 10.9. The maximum Gasteiger partial charge on any atom is 0.304 e. The Morgan fingerprint density at radius 2 is 2.13 bits per heavy atom. The van der Waals surface area contributed by atoms with Gasteiger partial charge in [-0.3, -0.25) is 4.79 Å². The highest BCUT2D eigenvalue weighted by molar-refractivity contribution is 5.67. The van der Waals surface area contributed by atoms with Crippen LogP contribution in [0.1, 0.15) is 27.2 Å². The van der Waals surface area contributed by atoms with Gasteiger partial charge >= 0.3 is 5.97 Å². The zero-order chi connectivity index (χ0) is 11.5.